The predicted molar refractivity (Wildman–Crippen MR) is 247 cm³/mol. The Labute approximate surface area is 374 Å². The number of nitrogens with zero attached hydrogens (tertiary/aromatic N) is 3. The van der Waals surface area contributed by atoms with Crippen molar-refractivity contribution in [2.45, 2.75) is 39.5 Å². The van der Waals surface area contributed by atoms with E-state index in [1.54, 1.807) is 0 Å². The monoisotopic (exact) mass is 965 g/mol. The summed E-state index contributed by atoms with van der Waals surface area (Å²) < 4.78 is 0. The maximum Gasteiger partial charge on any atom is 3.00 e. The second-order valence-corrected chi connectivity index (χ2v) is 15.0. The Kier molecular flexibility index (Phi) is 14.7. The van der Waals surface area contributed by atoms with E-state index in [4.69, 9.17) is 0 Å². The summed E-state index contributed by atoms with van der Waals surface area (Å²) in [6, 6.07) is 70.6. The van der Waals surface area contributed by atoms with Gasteiger partial charge in [0.15, 0.2) is 0 Å². The van der Waals surface area contributed by atoms with Crippen molar-refractivity contribution in [3.8, 4) is 56.0 Å². The molecule has 0 spiro atoms. The largest absolute Gasteiger partial charge is 3.00 e. The van der Waals surface area contributed by atoms with Crippen LogP contribution in [0.5, 0.6) is 0 Å². The third-order valence-corrected chi connectivity index (χ3v) is 10.7. The molecule has 4 heteroatoms. The van der Waals surface area contributed by atoms with Crippen LogP contribution in [0, 0.1) is 32.0 Å². The van der Waals surface area contributed by atoms with Crippen LogP contribution in [-0.2, 0) is 45.8 Å². The quantitative estimate of drug-likeness (QED) is 0.121. The topological polar surface area (TPSA) is 38.7 Å². The van der Waals surface area contributed by atoms with Gasteiger partial charge in [0.25, 0.3) is 0 Å². The summed E-state index contributed by atoms with van der Waals surface area (Å²) in [5, 5.41) is 0. The molecule has 298 valence electrons. The Morgan fingerprint density at radius 2 is 0.984 bits per heavy atom. The number of aryl methyl sites for hydroxylation is 6. The molecule has 0 bridgehead atoms. The van der Waals surface area contributed by atoms with Gasteiger partial charge in [-0.2, -0.15) is 0 Å². The van der Waals surface area contributed by atoms with Gasteiger partial charge in [-0.15, -0.1) is 107 Å². The van der Waals surface area contributed by atoms with Gasteiger partial charge in [0.2, 0.25) is 0 Å². The van der Waals surface area contributed by atoms with E-state index in [1.807, 2.05) is 91.4 Å². The molecule has 9 aromatic rings. The molecule has 0 aliphatic carbocycles. The fourth-order valence-electron chi connectivity index (χ4n) is 7.64. The van der Waals surface area contributed by atoms with Gasteiger partial charge in [-0.25, -0.2) is 0 Å². The minimum Gasteiger partial charge on any atom is -0.305 e. The van der Waals surface area contributed by atoms with Crippen molar-refractivity contribution in [1.29, 1.82) is 0 Å². The summed E-state index contributed by atoms with van der Waals surface area (Å²) in [7, 11) is 0. The van der Waals surface area contributed by atoms with Crippen molar-refractivity contribution in [2.24, 2.45) is 0 Å². The van der Waals surface area contributed by atoms with E-state index in [2.05, 4.69) is 150 Å². The van der Waals surface area contributed by atoms with Crippen LogP contribution in [-0.4, -0.2) is 15.0 Å². The first-order valence-corrected chi connectivity index (χ1v) is 20.6. The molecule has 0 fully saturated rings. The van der Waals surface area contributed by atoms with E-state index < -0.39 is 0 Å². The van der Waals surface area contributed by atoms with Crippen LogP contribution in [0.1, 0.15) is 33.4 Å². The number of pyridine rings is 3. The van der Waals surface area contributed by atoms with Crippen molar-refractivity contribution >= 4 is 0 Å². The molecule has 3 nitrogen and oxygen atoms in total. The molecule has 0 unspecified atom stereocenters. The van der Waals surface area contributed by atoms with E-state index in [-0.39, 0.29) is 20.1 Å². The fraction of sp³-hybridized carbons (Fsp3) is 0.105. The van der Waals surface area contributed by atoms with Crippen LogP contribution >= 0.6 is 0 Å². The van der Waals surface area contributed by atoms with E-state index in [0.29, 0.717) is 0 Å². The normalized spacial score (nSPS) is 10.6. The Morgan fingerprint density at radius 1 is 0.377 bits per heavy atom. The molecule has 0 amide bonds. The van der Waals surface area contributed by atoms with Crippen molar-refractivity contribution in [3.63, 3.8) is 0 Å². The molecule has 0 saturated heterocycles. The summed E-state index contributed by atoms with van der Waals surface area (Å²) in [6.07, 6.45) is 9.71. The van der Waals surface area contributed by atoms with E-state index in [1.165, 1.54) is 55.6 Å². The molecule has 0 N–H and O–H groups in total. The zero-order valence-electron chi connectivity index (χ0n) is 34.5. The second-order valence-electron chi connectivity index (χ2n) is 15.0. The minimum atomic E-state index is 0. The van der Waals surface area contributed by atoms with Crippen LogP contribution in [0.3, 0.4) is 0 Å². The Bertz CT molecular complexity index is 2730. The SMILES string of the molecule is Cc1cc(-c2ccccc2)cc(C)c1-c1ccnc(-c2[c-]cccc2)c1.[Ir+3].[c-]1ccccc1-c1ccc(CCc2cccc(CCc3cc[c-]c(-c4ccccn4)c3)c2)cn1. The molecular formula is C57H46IrN3. The van der Waals surface area contributed by atoms with E-state index in [9.17, 15) is 0 Å². The standard InChI is InChI=1S/C32H26N2.C25H20N.Ir/c1-2-11-29(12-3-1)32-20-19-28(24-34-32)18-17-26-9-6-8-25(22-26)15-16-27-10-7-13-30(23-27)31-14-4-5-21-33-31;1-18-15-23(20-9-5-3-6-10-20)16-19(2)25(18)22-13-14-26-24(17-22)21-11-7-4-8-12-21;/h1-11,14,19-24H,15-18H2;3-11,13-17H,1-2H3;/q-2;-1;+3. The molecule has 3 heterocycles. The van der Waals surface area contributed by atoms with Crippen LogP contribution in [0.2, 0.25) is 0 Å². The molecule has 9 rings (SSSR count). The fourth-order valence-corrected chi connectivity index (χ4v) is 7.64. The van der Waals surface area contributed by atoms with Crippen molar-refractivity contribution in [2.75, 3.05) is 0 Å². The van der Waals surface area contributed by atoms with Gasteiger partial charge in [-0.3, -0.25) is 0 Å². The van der Waals surface area contributed by atoms with Gasteiger partial charge < -0.3 is 15.0 Å². The molecule has 0 aliphatic rings. The molecule has 0 saturated carbocycles. The van der Waals surface area contributed by atoms with Crippen LogP contribution in [0.25, 0.3) is 56.0 Å². The number of rotatable bonds is 11. The number of hydrogen-bond donors (Lipinski definition) is 0. The third-order valence-electron chi connectivity index (χ3n) is 10.7. The van der Waals surface area contributed by atoms with Crippen LogP contribution in [0.4, 0.5) is 0 Å². The first-order chi connectivity index (χ1) is 29.6. The maximum atomic E-state index is 4.63. The molecule has 0 radical (unpaired) electrons. The summed E-state index contributed by atoms with van der Waals surface area (Å²) in [4.78, 5) is 13.6. The maximum absolute atomic E-state index is 4.63. The molecule has 6 aromatic carbocycles. The van der Waals surface area contributed by atoms with Gasteiger partial charge in [0.1, 0.15) is 0 Å². The van der Waals surface area contributed by atoms with E-state index >= 15 is 0 Å². The van der Waals surface area contributed by atoms with Gasteiger partial charge >= 0.3 is 20.1 Å². The Balaban J connectivity index is 0.000000187. The number of hydrogen-bond acceptors (Lipinski definition) is 3. The Hall–Kier alpha value is -6.58. The first-order valence-electron chi connectivity index (χ1n) is 20.6. The average molecular weight is 965 g/mol. The summed E-state index contributed by atoms with van der Waals surface area (Å²) in [5.74, 6) is 0. The zero-order chi connectivity index (χ0) is 40.9. The van der Waals surface area contributed by atoms with Crippen molar-refractivity contribution in [3.05, 3.63) is 246 Å². The number of aromatic nitrogens is 3. The van der Waals surface area contributed by atoms with Gasteiger partial charge in [0.05, 0.1) is 0 Å². The van der Waals surface area contributed by atoms with Gasteiger partial charge in [-0.05, 0) is 119 Å². The smallest absolute Gasteiger partial charge is 0.305 e. The van der Waals surface area contributed by atoms with Gasteiger partial charge in [-0.1, -0.05) is 97.1 Å². The third kappa shape index (κ3) is 11.4. The Morgan fingerprint density at radius 3 is 1.62 bits per heavy atom. The molecule has 3 aromatic heterocycles. The van der Waals surface area contributed by atoms with Crippen LogP contribution < -0.4 is 0 Å². The minimum absolute atomic E-state index is 0. The molecule has 0 atom stereocenters. The van der Waals surface area contributed by atoms with E-state index in [0.717, 1.165) is 59.5 Å². The number of benzene rings is 6. The summed E-state index contributed by atoms with van der Waals surface area (Å²) in [6.45, 7) is 4.37. The first kappa shape index (κ1) is 42.5. The molecule has 61 heavy (non-hydrogen) atoms. The second kappa shape index (κ2) is 21.1. The summed E-state index contributed by atoms with van der Waals surface area (Å²) in [5.41, 5.74) is 18.8. The average Bonchev–Trinajstić information content (AvgIpc) is 3.32. The predicted octanol–water partition coefficient (Wildman–Crippen LogP) is 13.5. The van der Waals surface area contributed by atoms with Crippen LogP contribution in [0.15, 0.2) is 195 Å². The summed E-state index contributed by atoms with van der Waals surface area (Å²) >= 11 is 0. The van der Waals surface area contributed by atoms with Crippen molar-refractivity contribution < 1.29 is 20.1 Å². The zero-order valence-corrected chi connectivity index (χ0v) is 36.9. The molecule has 0 aliphatic heterocycles. The van der Waals surface area contributed by atoms with Crippen molar-refractivity contribution in [1.82, 2.24) is 15.0 Å². The van der Waals surface area contributed by atoms with Gasteiger partial charge in [0, 0.05) is 18.6 Å². The molecular weight excluding hydrogens is 919 g/mol.